The molecule has 3 nitrogen and oxygen atoms in total. The Hall–Kier alpha value is -0.350. The monoisotopic (exact) mass is 432 g/mol. The number of carbonyl (C=O) groups excluding carboxylic acids is 2. The molecule has 29 heavy (non-hydrogen) atoms. The van der Waals surface area contributed by atoms with Crippen LogP contribution in [0.25, 0.3) is 0 Å². The van der Waals surface area contributed by atoms with E-state index in [0.717, 1.165) is 24.0 Å². The molecule has 0 aromatic rings. The third kappa shape index (κ3) is 32.5. The number of hydrogen-bond donors (Lipinski definition) is 0. The van der Waals surface area contributed by atoms with Gasteiger partial charge in [0.2, 0.25) is 0 Å². The van der Waals surface area contributed by atoms with Gasteiger partial charge in [-0.15, -0.1) is 0 Å². The zero-order chi connectivity index (χ0) is 23.6. The largest absolute Gasteiger partial charge is 0.371 e. The molecule has 0 amide bonds. The van der Waals surface area contributed by atoms with Gasteiger partial charge in [0, 0.05) is 18.3 Å². The smallest absolute Gasteiger partial charge is 0.160 e. The van der Waals surface area contributed by atoms with Gasteiger partial charge < -0.3 is 4.74 Å². The second-order valence-electron chi connectivity index (χ2n) is 9.64. The predicted molar refractivity (Wildman–Crippen MR) is 132 cm³/mol. The topological polar surface area (TPSA) is 43.4 Å². The van der Waals surface area contributed by atoms with Crippen LogP contribution in [0.4, 0.5) is 0 Å². The summed E-state index contributed by atoms with van der Waals surface area (Å²) in [4.78, 5) is 22.0. The van der Waals surface area contributed by atoms with E-state index >= 15 is 0 Å². The first-order chi connectivity index (χ1) is 13.2. The van der Waals surface area contributed by atoms with Gasteiger partial charge in [-0.25, -0.2) is 0 Å². The third-order valence-electron chi connectivity index (χ3n) is 3.96. The van der Waals surface area contributed by atoms with Crippen molar-refractivity contribution in [2.75, 3.05) is 12.4 Å². The van der Waals surface area contributed by atoms with Crippen molar-refractivity contribution in [3.8, 4) is 0 Å². The maximum atomic E-state index is 11.0. The molecule has 0 atom stereocenters. The molecule has 0 saturated heterocycles. The van der Waals surface area contributed by atoms with Crippen LogP contribution >= 0.6 is 11.8 Å². The van der Waals surface area contributed by atoms with E-state index in [1.165, 1.54) is 12.2 Å². The van der Waals surface area contributed by atoms with E-state index in [2.05, 4.69) is 53.3 Å². The molecule has 0 aliphatic heterocycles. The van der Waals surface area contributed by atoms with Crippen molar-refractivity contribution in [3.05, 3.63) is 0 Å². The second-order valence-corrected chi connectivity index (χ2v) is 11.3. The van der Waals surface area contributed by atoms with Crippen molar-refractivity contribution < 1.29 is 14.3 Å². The lowest BCUT2D eigenvalue weighted by Crippen LogP contribution is -2.17. The Bertz CT molecular complexity index is 350. The number of hydrogen-bond acceptors (Lipinski definition) is 4. The van der Waals surface area contributed by atoms with Gasteiger partial charge in [-0.05, 0) is 49.5 Å². The van der Waals surface area contributed by atoms with Crippen LogP contribution in [-0.4, -0.2) is 35.3 Å². The fraction of sp³-hybridized carbons (Fsp3) is 0.920. The molecule has 0 aromatic heterocycles. The van der Waals surface area contributed by atoms with Crippen LogP contribution in [0.15, 0.2) is 0 Å². The lowest BCUT2D eigenvalue weighted by molar-refractivity contribution is -0.127. The number of rotatable bonds is 12. The van der Waals surface area contributed by atoms with E-state index in [4.69, 9.17) is 4.74 Å². The van der Waals surface area contributed by atoms with Crippen molar-refractivity contribution in [3.63, 3.8) is 0 Å². The summed E-state index contributed by atoms with van der Waals surface area (Å²) in [7, 11) is 0. The van der Waals surface area contributed by atoms with Crippen LogP contribution in [0.3, 0.4) is 0 Å². The molecule has 4 heteroatoms. The van der Waals surface area contributed by atoms with Gasteiger partial charge >= 0.3 is 0 Å². The second kappa shape index (κ2) is 20.9. The van der Waals surface area contributed by atoms with Crippen molar-refractivity contribution in [2.24, 2.45) is 23.7 Å². The van der Waals surface area contributed by atoms with Crippen LogP contribution in [0.2, 0.25) is 0 Å². The number of ketones is 2. The first-order valence-electron chi connectivity index (χ1n) is 11.5. The van der Waals surface area contributed by atoms with Gasteiger partial charge in [-0.3, -0.25) is 9.59 Å². The molecule has 0 unspecified atom stereocenters. The Morgan fingerprint density at radius 3 is 1.45 bits per heavy atom. The fourth-order valence-electron chi connectivity index (χ4n) is 1.67. The normalized spacial score (nSPS) is 11.1. The molecule has 0 rings (SSSR count). The fourth-order valence-corrected chi connectivity index (χ4v) is 2.75. The number of thioether (sulfide) groups is 1. The minimum Gasteiger partial charge on any atom is -0.371 e. The molecule has 0 N–H and O–H groups in total. The average molecular weight is 433 g/mol. The van der Waals surface area contributed by atoms with E-state index in [1.54, 1.807) is 0 Å². The highest BCUT2D eigenvalue weighted by molar-refractivity contribution is 7.99. The average Bonchev–Trinajstić information content (AvgIpc) is 2.57. The highest BCUT2D eigenvalue weighted by Gasteiger charge is 2.07. The lowest BCUT2D eigenvalue weighted by Gasteiger charge is -2.07. The van der Waals surface area contributed by atoms with Crippen molar-refractivity contribution >= 4 is 23.3 Å². The Morgan fingerprint density at radius 2 is 1.14 bits per heavy atom. The van der Waals surface area contributed by atoms with E-state index in [9.17, 15) is 9.59 Å². The van der Waals surface area contributed by atoms with Gasteiger partial charge in [0.1, 0.15) is 12.4 Å². The Labute approximate surface area is 187 Å². The van der Waals surface area contributed by atoms with Gasteiger partial charge in [-0.2, -0.15) is 11.8 Å². The highest BCUT2D eigenvalue weighted by atomic mass is 32.2. The van der Waals surface area contributed by atoms with Crippen LogP contribution in [0.1, 0.15) is 102 Å². The number of carbonyl (C=O) groups is 2. The summed E-state index contributed by atoms with van der Waals surface area (Å²) in [6.07, 6.45) is 3.32. The molecule has 0 aliphatic rings. The van der Waals surface area contributed by atoms with E-state index in [1.807, 2.05) is 41.5 Å². The molecule has 0 aromatic carbocycles. The standard InChI is InChI=1S/C9H18O.C8H16O2.C8H18S/c1-7(2)5-6-9(10)8(3)4;1-6(2)8(9)5-10-7(3)4;1-7(2)5-6-9-8(3)4/h7-8H,5-6H2,1-4H3;6-7H,5H2,1-4H3;7-8H,5-6H2,1-4H3. The summed E-state index contributed by atoms with van der Waals surface area (Å²) in [5.74, 6) is 3.74. The molecular formula is C25H52O3S. The predicted octanol–water partition coefficient (Wildman–Crippen LogP) is 7.46. The first-order valence-corrected chi connectivity index (χ1v) is 12.5. The molecule has 0 saturated carbocycles. The molecule has 0 fully saturated rings. The van der Waals surface area contributed by atoms with E-state index in [-0.39, 0.29) is 30.3 Å². The first kappa shape index (κ1) is 33.3. The minimum atomic E-state index is 0.0961. The number of Topliss-reactive ketones (excluding diaryl/α,β-unsaturated/α-hetero) is 2. The summed E-state index contributed by atoms with van der Waals surface area (Å²) in [6, 6.07) is 0. The van der Waals surface area contributed by atoms with Gasteiger partial charge in [0.15, 0.2) is 5.78 Å². The van der Waals surface area contributed by atoms with Gasteiger partial charge in [0.05, 0.1) is 6.10 Å². The molecule has 0 radical (unpaired) electrons. The van der Waals surface area contributed by atoms with E-state index < -0.39 is 0 Å². The SMILES string of the molecule is CC(C)CCC(=O)C(C)C.CC(C)CCSC(C)C.CC(C)OCC(=O)C(C)C. The Balaban J connectivity index is -0.000000350. The van der Waals surface area contributed by atoms with E-state index in [0.29, 0.717) is 11.7 Å². The highest BCUT2D eigenvalue weighted by Crippen LogP contribution is 2.13. The molecule has 0 bridgehead atoms. The van der Waals surface area contributed by atoms with Crippen molar-refractivity contribution in [2.45, 2.75) is 114 Å². The van der Waals surface area contributed by atoms with Crippen molar-refractivity contribution in [1.82, 2.24) is 0 Å². The maximum Gasteiger partial charge on any atom is 0.160 e. The quantitative estimate of drug-likeness (QED) is 0.321. The van der Waals surface area contributed by atoms with Crippen LogP contribution in [0.5, 0.6) is 0 Å². The summed E-state index contributed by atoms with van der Waals surface area (Å²) in [6.45, 7) is 25.2. The maximum absolute atomic E-state index is 11.0. The summed E-state index contributed by atoms with van der Waals surface area (Å²) < 4.78 is 5.12. The van der Waals surface area contributed by atoms with Crippen molar-refractivity contribution in [1.29, 1.82) is 0 Å². The molecule has 0 aliphatic carbocycles. The molecule has 0 spiro atoms. The summed E-state index contributed by atoms with van der Waals surface area (Å²) in [5, 5.41) is 0.809. The molecule has 176 valence electrons. The Kier molecular flexibility index (Phi) is 24.0. The lowest BCUT2D eigenvalue weighted by atomic mass is 10.00. The van der Waals surface area contributed by atoms with Gasteiger partial charge in [-0.1, -0.05) is 69.2 Å². The van der Waals surface area contributed by atoms with Gasteiger partial charge in [0.25, 0.3) is 0 Å². The zero-order valence-corrected chi connectivity index (χ0v) is 22.4. The molecular weight excluding hydrogens is 380 g/mol. The molecule has 0 heterocycles. The Morgan fingerprint density at radius 1 is 0.690 bits per heavy atom. The number of ether oxygens (including phenoxy) is 1. The van der Waals surface area contributed by atoms with Crippen LogP contribution < -0.4 is 0 Å². The minimum absolute atomic E-state index is 0.0961. The van der Waals surface area contributed by atoms with Crippen LogP contribution in [0, 0.1) is 23.7 Å². The summed E-state index contributed by atoms with van der Waals surface area (Å²) >= 11 is 2.06. The zero-order valence-electron chi connectivity index (χ0n) is 21.6. The van der Waals surface area contributed by atoms with Crippen LogP contribution in [-0.2, 0) is 14.3 Å². The summed E-state index contributed by atoms with van der Waals surface area (Å²) in [5.41, 5.74) is 0. The third-order valence-corrected chi connectivity index (χ3v) is 5.10.